The molecule has 0 aliphatic heterocycles. The molecule has 0 N–H and O–H groups in total. The van der Waals surface area contributed by atoms with Crippen LogP contribution in [0.25, 0.3) is 0 Å². The van der Waals surface area contributed by atoms with E-state index in [1.54, 1.807) is 0 Å². The summed E-state index contributed by atoms with van der Waals surface area (Å²) in [5, 5.41) is 0. The van der Waals surface area contributed by atoms with E-state index in [4.69, 9.17) is 0 Å². The molecule has 0 saturated heterocycles. The molecule has 0 bridgehead atoms. The number of hydrogen-bond acceptors (Lipinski definition) is 0. The van der Waals surface area contributed by atoms with Gasteiger partial charge in [-0.3, -0.25) is 0 Å². The molecule has 0 fully saturated rings. The summed E-state index contributed by atoms with van der Waals surface area (Å²) >= 11 is 0. The van der Waals surface area contributed by atoms with Crippen molar-refractivity contribution in [1.82, 2.24) is 0 Å². The third kappa shape index (κ3) is 4.51. The molecule has 0 nitrogen and oxygen atoms in total. The molecule has 0 amide bonds. The van der Waals surface area contributed by atoms with Gasteiger partial charge in [-0.05, 0) is 12.8 Å². The quantitative estimate of drug-likeness (QED) is 0.505. The van der Waals surface area contributed by atoms with Crippen LogP contribution in [0.5, 0.6) is 0 Å². The van der Waals surface area contributed by atoms with E-state index in [1.807, 2.05) is 24.3 Å². The monoisotopic (exact) mass is 158 g/mol. The van der Waals surface area contributed by atoms with Crippen LogP contribution in [0.3, 0.4) is 0 Å². The minimum Gasteiger partial charge on any atom is -0.0842 e. The largest absolute Gasteiger partial charge is 0.0842 e. The van der Waals surface area contributed by atoms with E-state index >= 15 is 0 Å². The van der Waals surface area contributed by atoms with E-state index < -0.39 is 0 Å². The molecule has 0 spiro atoms. The Labute approximate surface area is 74.3 Å². The van der Waals surface area contributed by atoms with Crippen molar-refractivity contribution in [2.45, 2.75) is 12.8 Å². The van der Waals surface area contributed by atoms with Gasteiger partial charge in [-0.15, -0.1) is 0 Å². The van der Waals surface area contributed by atoms with Crippen molar-refractivity contribution in [3.63, 3.8) is 0 Å². The lowest BCUT2D eigenvalue weighted by atomic mass is 10.2. The Morgan fingerprint density at radius 2 is 0.750 bits per heavy atom. The van der Waals surface area contributed by atoms with E-state index in [2.05, 4.69) is 36.5 Å². The Morgan fingerprint density at radius 3 is 1.17 bits per heavy atom. The van der Waals surface area contributed by atoms with Gasteiger partial charge in [0.15, 0.2) is 0 Å². The van der Waals surface area contributed by atoms with Crippen LogP contribution in [-0.4, -0.2) is 0 Å². The molecule has 62 valence electrons. The highest BCUT2D eigenvalue weighted by molar-refractivity contribution is 5.18. The van der Waals surface area contributed by atoms with E-state index in [0.29, 0.717) is 0 Å². The molecule has 0 radical (unpaired) electrons. The summed E-state index contributed by atoms with van der Waals surface area (Å²) < 4.78 is 0. The zero-order valence-corrected chi connectivity index (χ0v) is 7.19. The molecular formula is C12H14. The van der Waals surface area contributed by atoms with Gasteiger partial charge in [-0.1, -0.05) is 60.8 Å². The van der Waals surface area contributed by atoms with Crippen molar-refractivity contribution in [2.75, 3.05) is 0 Å². The summed E-state index contributed by atoms with van der Waals surface area (Å²) in [7, 11) is 0. The summed E-state index contributed by atoms with van der Waals surface area (Å²) in [6.07, 6.45) is 23.0. The summed E-state index contributed by atoms with van der Waals surface area (Å²) in [4.78, 5) is 0. The maximum Gasteiger partial charge on any atom is -0.0313 e. The first kappa shape index (κ1) is 8.79. The minimum atomic E-state index is 1.12. The molecule has 0 heteroatoms. The smallest absolute Gasteiger partial charge is 0.0313 e. The summed E-state index contributed by atoms with van der Waals surface area (Å²) in [6.45, 7) is 0. The molecular weight excluding hydrogens is 144 g/mol. The minimum absolute atomic E-state index is 1.12. The van der Waals surface area contributed by atoms with Gasteiger partial charge in [0.1, 0.15) is 0 Å². The Bertz CT molecular complexity index is 211. The highest BCUT2D eigenvalue weighted by Crippen LogP contribution is 1.95. The Balaban J connectivity index is 2.55. The number of hydrogen-bond donors (Lipinski definition) is 0. The van der Waals surface area contributed by atoms with Crippen LogP contribution in [0.2, 0.25) is 0 Å². The fourth-order valence-corrected chi connectivity index (χ4v) is 0.927. The third-order valence-corrected chi connectivity index (χ3v) is 1.55. The molecule has 0 heterocycles. The maximum absolute atomic E-state index is 2.18. The second-order valence-corrected chi connectivity index (χ2v) is 2.59. The van der Waals surface area contributed by atoms with Gasteiger partial charge in [-0.2, -0.15) is 0 Å². The molecule has 0 saturated carbocycles. The summed E-state index contributed by atoms with van der Waals surface area (Å²) in [5.74, 6) is 0. The molecule has 1 aliphatic carbocycles. The topological polar surface area (TPSA) is 0 Å². The average molecular weight is 158 g/mol. The maximum atomic E-state index is 2.18. The normalized spacial score (nSPS) is 28.0. The Kier molecular flexibility index (Phi) is 4.70. The predicted octanol–water partition coefficient (Wildman–Crippen LogP) is 3.56. The van der Waals surface area contributed by atoms with Gasteiger partial charge in [0.05, 0.1) is 0 Å². The predicted molar refractivity (Wildman–Crippen MR) is 54.9 cm³/mol. The van der Waals surface area contributed by atoms with Gasteiger partial charge in [0, 0.05) is 0 Å². The lowest BCUT2D eigenvalue weighted by Gasteiger charge is -1.84. The second kappa shape index (κ2) is 6.41. The zero-order chi connectivity index (χ0) is 8.49. The summed E-state index contributed by atoms with van der Waals surface area (Å²) in [5.41, 5.74) is 0. The Morgan fingerprint density at radius 1 is 0.417 bits per heavy atom. The van der Waals surface area contributed by atoms with Crippen LogP contribution in [0, 0.1) is 0 Å². The van der Waals surface area contributed by atoms with Gasteiger partial charge in [0.2, 0.25) is 0 Å². The van der Waals surface area contributed by atoms with Crippen molar-refractivity contribution in [3.8, 4) is 0 Å². The first-order valence-electron chi connectivity index (χ1n) is 4.32. The molecule has 0 aromatic carbocycles. The van der Waals surface area contributed by atoms with Crippen molar-refractivity contribution in [1.29, 1.82) is 0 Å². The van der Waals surface area contributed by atoms with E-state index in [1.165, 1.54) is 0 Å². The lowest BCUT2D eigenvalue weighted by Crippen LogP contribution is -1.64. The lowest BCUT2D eigenvalue weighted by molar-refractivity contribution is 1.05. The fraction of sp³-hybridized carbons (Fsp3) is 0.167. The SMILES string of the molecule is C1=CCC\C=C/C=C/C=C\C=C\1. The average Bonchev–Trinajstić information content (AvgIpc) is 2.05. The van der Waals surface area contributed by atoms with Gasteiger partial charge < -0.3 is 0 Å². The molecule has 1 aliphatic rings. The highest BCUT2D eigenvalue weighted by atomic mass is 13.8. The van der Waals surface area contributed by atoms with E-state index in [-0.39, 0.29) is 0 Å². The molecule has 0 aromatic heterocycles. The van der Waals surface area contributed by atoms with Crippen LogP contribution < -0.4 is 0 Å². The van der Waals surface area contributed by atoms with Gasteiger partial charge in [0.25, 0.3) is 0 Å². The highest BCUT2D eigenvalue weighted by Gasteiger charge is 1.74. The van der Waals surface area contributed by atoms with Crippen molar-refractivity contribution in [3.05, 3.63) is 60.8 Å². The van der Waals surface area contributed by atoms with Crippen LogP contribution in [0.15, 0.2) is 60.8 Å². The standard InChI is InChI=1S/C12H14/c1-2-4-6-8-10-12-11-9-7-5-3-1/h1-10H,11-12H2/b2-1-,5-3+,6-4+,9-7-,10-8?. The zero-order valence-electron chi connectivity index (χ0n) is 7.19. The van der Waals surface area contributed by atoms with Crippen molar-refractivity contribution in [2.24, 2.45) is 0 Å². The van der Waals surface area contributed by atoms with Gasteiger partial charge >= 0.3 is 0 Å². The van der Waals surface area contributed by atoms with Crippen LogP contribution in [0.4, 0.5) is 0 Å². The number of allylic oxidation sites excluding steroid dienone is 10. The number of rotatable bonds is 0. The van der Waals surface area contributed by atoms with Crippen LogP contribution in [-0.2, 0) is 0 Å². The van der Waals surface area contributed by atoms with Gasteiger partial charge in [-0.25, -0.2) is 0 Å². The fourth-order valence-electron chi connectivity index (χ4n) is 0.927. The van der Waals surface area contributed by atoms with Crippen molar-refractivity contribution >= 4 is 0 Å². The van der Waals surface area contributed by atoms with Crippen LogP contribution in [0.1, 0.15) is 12.8 Å². The molecule has 0 atom stereocenters. The molecule has 1 rings (SSSR count). The first-order chi connectivity index (χ1) is 6.00. The van der Waals surface area contributed by atoms with E-state index in [0.717, 1.165) is 12.8 Å². The second-order valence-electron chi connectivity index (χ2n) is 2.59. The molecule has 0 aromatic rings. The summed E-state index contributed by atoms with van der Waals surface area (Å²) in [6, 6.07) is 0. The van der Waals surface area contributed by atoms with Crippen LogP contribution >= 0.6 is 0 Å². The van der Waals surface area contributed by atoms with E-state index in [9.17, 15) is 0 Å². The molecule has 0 unspecified atom stereocenters. The third-order valence-electron chi connectivity index (χ3n) is 1.55. The van der Waals surface area contributed by atoms with Crippen molar-refractivity contribution < 1.29 is 0 Å². The Hall–Kier alpha value is -1.30. The molecule has 12 heavy (non-hydrogen) atoms. The first-order valence-corrected chi connectivity index (χ1v) is 4.32.